The first-order chi connectivity index (χ1) is 5.00. The third kappa shape index (κ3) is 2.32. The van der Waals surface area contributed by atoms with Gasteiger partial charge in [0.05, 0.1) is 5.92 Å². The molecule has 0 aliphatic carbocycles. The molecule has 0 aromatic carbocycles. The summed E-state index contributed by atoms with van der Waals surface area (Å²) in [6.45, 7) is -0.186. The molecular weight excluding hydrogens is 162 g/mol. The highest BCUT2D eigenvalue weighted by molar-refractivity contribution is 4.73. The predicted octanol–water partition coefficient (Wildman–Crippen LogP) is 2.15. The molecule has 0 spiro atoms. The van der Waals surface area contributed by atoms with Crippen molar-refractivity contribution >= 4 is 0 Å². The number of halogens is 4. The molecule has 5 heteroatoms. The van der Waals surface area contributed by atoms with Gasteiger partial charge < -0.3 is 0 Å². The normalized spacial score (nSPS) is 24.0. The Hall–Kier alpha value is -0.320. The molecule has 0 bridgehead atoms. The predicted molar refractivity (Wildman–Crippen MR) is 31.5 cm³/mol. The molecule has 0 saturated carbocycles. The Morgan fingerprint density at radius 3 is 1.91 bits per heavy atom. The first kappa shape index (κ1) is 8.77. The summed E-state index contributed by atoms with van der Waals surface area (Å²) in [5.41, 5.74) is 0. The van der Waals surface area contributed by atoms with Gasteiger partial charge in [-0.15, -0.1) is 9.60 Å². The molecule has 0 aromatic rings. The van der Waals surface area contributed by atoms with Crippen molar-refractivity contribution in [1.29, 1.82) is 0 Å². The van der Waals surface area contributed by atoms with Gasteiger partial charge in [0, 0.05) is 13.1 Å². The molecule has 0 amide bonds. The maximum Gasteiger partial charge on any atom is 0.391 e. The molecular formula is C6H9F4N. The fourth-order valence-corrected chi connectivity index (χ4v) is 1.18. The van der Waals surface area contributed by atoms with E-state index in [-0.39, 0.29) is 25.9 Å². The zero-order chi connectivity index (χ0) is 8.48. The van der Waals surface area contributed by atoms with E-state index in [0.717, 1.165) is 0 Å². The van der Waals surface area contributed by atoms with E-state index in [1.807, 2.05) is 0 Å². The molecule has 1 aliphatic rings. The highest BCUT2D eigenvalue weighted by Gasteiger charge is 2.41. The molecule has 1 nitrogen and oxygen atoms in total. The van der Waals surface area contributed by atoms with E-state index in [1.165, 1.54) is 0 Å². The Balaban J connectivity index is 2.39. The maximum atomic E-state index is 12.2. The van der Waals surface area contributed by atoms with Gasteiger partial charge in [0.25, 0.3) is 0 Å². The van der Waals surface area contributed by atoms with Crippen molar-refractivity contribution in [2.24, 2.45) is 5.92 Å². The average Bonchev–Trinajstić information content (AvgIpc) is 1.86. The second kappa shape index (κ2) is 2.97. The van der Waals surface area contributed by atoms with Gasteiger partial charge >= 0.3 is 6.18 Å². The monoisotopic (exact) mass is 171 g/mol. The van der Waals surface area contributed by atoms with E-state index in [9.17, 15) is 17.7 Å². The Morgan fingerprint density at radius 1 is 1.09 bits per heavy atom. The Bertz CT molecular complexity index is 125. The molecule has 0 radical (unpaired) electrons. The molecule has 0 N–H and O–H groups in total. The molecule has 11 heavy (non-hydrogen) atoms. The van der Waals surface area contributed by atoms with Gasteiger partial charge in [-0.1, -0.05) is 0 Å². The lowest BCUT2D eigenvalue weighted by atomic mass is 9.98. The molecule has 0 atom stereocenters. The zero-order valence-electron chi connectivity index (χ0n) is 5.86. The number of nitrogens with zero attached hydrogens (tertiary/aromatic N) is 1. The van der Waals surface area contributed by atoms with Crippen molar-refractivity contribution in [1.82, 2.24) is 5.12 Å². The van der Waals surface area contributed by atoms with Crippen LogP contribution in [0.4, 0.5) is 17.7 Å². The summed E-state index contributed by atoms with van der Waals surface area (Å²) in [7, 11) is 0. The number of piperidine rings is 1. The lowest BCUT2D eigenvalue weighted by Crippen LogP contribution is -2.34. The van der Waals surface area contributed by atoms with Crippen molar-refractivity contribution < 1.29 is 17.7 Å². The van der Waals surface area contributed by atoms with Gasteiger partial charge in [-0.05, 0) is 12.8 Å². The second-order valence-electron chi connectivity index (χ2n) is 2.73. The van der Waals surface area contributed by atoms with E-state index in [4.69, 9.17) is 0 Å². The van der Waals surface area contributed by atoms with Crippen LogP contribution in [0.3, 0.4) is 0 Å². The second-order valence-corrected chi connectivity index (χ2v) is 2.73. The van der Waals surface area contributed by atoms with Crippen LogP contribution in [0.25, 0.3) is 0 Å². The van der Waals surface area contributed by atoms with Crippen LogP contribution in [0, 0.1) is 5.92 Å². The Labute approximate surface area is 61.9 Å². The van der Waals surface area contributed by atoms with E-state index in [1.54, 1.807) is 0 Å². The highest BCUT2D eigenvalue weighted by atomic mass is 19.4. The summed E-state index contributed by atoms with van der Waals surface area (Å²) in [6, 6.07) is 0. The first-order valence-electron chi connectivity index (χ1n) is 3.47. The fraction of sp³-hybridized carbons (Fsp3) is 1.00. The Kier molecular flexibility index (Phi) is 2.37. The molecule has 66 valence electrons. The van der Waals surface area contributed by atoms with Crippen molar-refractivity contribution in [2.75, 3.05) is 13.1 Å². The summed E-state index contributed by atoms with van der Waals surface area (Å²) in [5.74, 6) is -1.30. The summed E-state index contributed by atoms with van der Waals surface area (Å²) >= 11 is 0. The Morgan fingerprint density at radius 2 is 1.55 bits per heavy atom. The number of hydrogen-bond acceptors (Lipinski definition) is 1. The standard InChI is InChI=1S/C6H9F4N/c7-6(8,9)5-1-3-11(10)4-2-5/h5H,1-4H2. The fourth-order valence-electron chi connectivity index (χ4n) is 1.18. The minimum Gasteiger partial charge on any atom is -0.171 e. The summed E-state index contributed by atoms with van der Waals surface area (Å²) in [5, 5.41) is 0.433. The molecule has 1 saturated heterocycles. The van der Waals surface area contributed by atoms with Crippen LogP contribution < -0.4 is 0 Å². The smallest absolute Gasteiger partial charge is 0.171 e. The molecule has 1 fully saturated rings. The van der Waals surface area contributed by atoms with E-state index >= 15 is 0 Å². The molecule has 1 rings (SSSR count). The molecule has 0 unspecified atom stereocenters. The highest BCUT2D eigenvalue weighted by Crippen LogP contribution is 2.33. The summed E-state index contributed by atoms with van der Waals surface area (Å²) in [4.78, 5) is 0. The van der Waals surface area contributed by atoms with Crippen LogP contribution in [0.2, 0.25) is 0 Å². The molecule has 0 aromatic heterocycles. The van der Waals surface area contributed by atoms with Crippen molar-refractivity contribution in [3.05, 3.63) is 0 Å². The third-order valence-corrected chi connectivity index (χ3v) is 1.90. The van der Waals surface area contributed by atoms with Crippen molar-refractivity contribution in [3.63, 3.8) is 0 Å². The van der Waals surface area contributed by atoms with Crippen LogP contribution in [-0.4, -0.2) is 24.4 Å². The number of alkyl halides is 3. The summed E-state index contributed by atoms with van der Waals surface area (Å²) in [6.07, 6.45) is -4.36. The van der Waals surface area contributed by atoms with Gasteiger partial charge in [0.2, 0.25) is 0 Å². The first-order valence-corrected chi connectivity index (χ1v) is 3.47. The lowest BCUT2D eigenvalue weighted by molar-refractivity contribution is -0.192. The van der Waals surface area contributed by atoms with E-state index < -0.39 is 12.1 Å². The van der Waals surface area contributed by atoms with Crippen molar-refractivity contribution in [2.45, 2.75) is 19.0 Å². The summed E-state index contributed by atoms with van der Waals surface area (Å²) < 4.78 is 48.0. The zero-order valence-corrected chi connectivity index (χ0v) is 5.86. The number of rotatable bonds is 0. The minimum absolute atomic E-state index is 0.0931. The van der Waals surface area contributed by atoms with Crippen LogP contribution in [-0.2, 0) is 0 Å². The molecule has 1 heterocycles. The SMILES string of the molecule is FN1CCC(C(F)(F)F)CC1. The van der Waals surface area contributed by atoms with Gasteiger partial charge in [0.1, 0.15) is 0 Å². The quantitative estimate of drug-likeness (QED) is 0.398. The minimum atomic E-state index is -4.14. The maximum absolute atomic E-state index is 12.2. The van der Waals surface area contributed by atoms with Crippen molar-refractivity contribution in [3.8, 4) is 0 Å². The average molecular weight is 171 g/mol. The largest absolute Gasteiger partial charge is 0.391 e. The van der Waals surface area contributed by atoms with Gasteiger partial charge in [-0.3, -0.25) is 0 Å². The number of hydrogen-bond donors (Lipinski definition) is 0. The van der Waals surface area contributed by atoms with Gasteiger partial charge in [0.15, 0.2) is 0 Å². The lowest BCUT2D eigenvalue weighted by Gasteiger charge is -2.27. The van der Waals surface area contributed by atoms with Gasteiger partial charge in [-0.25, -0.2) is 0 Å². The van der Waals surface area contributed by atoms with E-state index in [0.29, 0.717) is 5.12 Å². The van der Waals surface area contributed by atoms with Gasteiger partial charge in [-0.2, -0.15) is 13.2 Å². The van der Waals surface area contributed by atoms with Crippen LogP contribution in [0.5, 0.6) is 0 Å². The van der Waals surface area contributed by atoms with Crippen LogP contribution in [0.15, 0.2) is 0 Å². The van der Waals surface area contributed by atoms with Crippen LogP contribution in [0.1, 0.15) is 12.8 Å². The third-order valence-electron chi connectivity index (χ3n) is 1.90. The van der Waals surface area contributed by atoms with Crippen LogP contribution >= 0.6 is 0 Å². The topological polar surface area (TPSA) is 3.24 Å². The van der Waals surface area contributed by atoms with E-state index in [2.05, 4.69) is 0 Å². The molecule has 1 aliphatic heterocycles.